The Morgan fingerprint density at radius 3 is 2.71 bits per heavy atom. The number of piperidine rings is 1. The van der Waals surface area contributed by atoms with Crippen LogP contribution in [-0.2, 0) is 16.8 Å². The van der Waals surface area contributed by atoms with Crippen molar-refractivity contribution in [1.29, 1.82) is 0 Å². The molecule has 7 heteroatoms. The summed E-state index contributed by atoms with van der Waals surface area (Å²) in [7, 11) is 0. The Bertz CT molecular complexity index is 1000. The Morgan fingerprint density at radius 2 is 1.93 bits per heavy atom. The van der Waals surface area contributed by atoms with Gasteiger partial charge in [-0.15, -0.1) is 36.2 Å². The highest BCUT2D eigenvalue weighted by molar-refractivity contribution is 7.16. The molecule has 0 bridgehead atoms. The lowest BCUT2D eigenvalue weighted by atomic mass is 9.86. The highest BCUT2D eigenvalue weighted by atomic mass is 35.5. The predicted molar refractivity (Wildman–Crippen MR) is 118 cm³/mol. The van der Waals surface area contributed by atoms with Crippen LogP contribution in [0.4, 0.5) is 4.39 Å². The van der Waals surface area contributed by atoms with Crippen molar-refractivity contribution in [2.45, 2.75) is 31.8 Å². The molecule has 0 radical (unpaired) electrons. The van der Waals surface area contributed by atoms with E-state index in [9.17, 15) is 4.39 Å². The molecule has 0 saturated carbocycles. The number of thiophene rings is 1. The van der Waals surface area contributed by atoms with E-state index >= 15 is 0 Å². The van der Waals surface area contributed by atoms with E-state index in [2.05, 4.69) is 22.4 Å². The average molecular weight is 441 g/mol. The van der Waals surface area contributed by atoms with Crippen LogP contribution in [0.15, 0.2) is 30.3 Å². The van der Waals surface area contributed by atoms with Gasteiger partial charge in [-0.1, -0.05) is 0 Å². The third-order valence-corrected chi connectivity index (χ3v) is 6.94. The number of halogens is 3. The minimum Gasteiger partial charge on any atom is -0.369 e. The number of nitrogens with one attached hydrogen (secondary N) is 1. The van der Waals surface area contributed by atoms with Crippen LogP contribution in [0.3, 0.4) is 0 Å². The Balaban J connectivity index is 0.00000112. The fourth-order valence-corrected chi connectivity index (χ4v) is 5.73. The number of ether oxygens (including phenoxy) is 1. The molecule has 2 aliphatic heterocycles. The normalized spacial score (nSPS) is 17.6. The molecule has 1 spiro atoms. The maximum Gasteiger partial charge on any atom is 0.123 e. The highest BCUT2D eigenvalue weighted by Crippen LogP contribution is 2.47. The minimum absolute atomic E-state index is 0. The highest BCUT2D eigenvalue weighted by Gasteiger charge is 2.40. The molecule has 1 aromatic carbocycles. The van der Waals surface area contributed by atoms with E-state index in [0.717, 1.165) is 61.1 Å². The summed E-state index contributed by atoms with van der Waals surface area (Å²) in [6.45, 7) is 4.77. The van der Waals surface area contributed by atoms with Gasteiger partial charge in [0.25, 0.3) is 0 Å². The zero-order valence-electron chi connectivity index (χ0n) is 15.6. The summed E-state index contributed by atoms with van der Waals surface area (Å²) in [5.74, 6) is -0.219. The summed E-state index contributed by atoms with van der Waals surface area (Å²) in [5, 5.41) is 4.32. The molecule has 5 rings (SSSR count). The van der Waals surface area contributed by atoms with E-state index in [-0.39, 0.29) is 36.2 Å². The monoisotopic (exact) mass is 440 g/mol. The van der Waals surface area contributed by atoms with E-state index in [4.69, 9.17) is 4.74 Å². The molecule has 0 amide bonds. The third-order valence-electron chi connectivity index (χ3n) is 5.55. The average Bonchev–Trinajstić information content (AvgIpc) is 3.08. The SMILES string of the molecule is Cc1cc(-c2cc3c(s2)C2(CCNCC2)OCC3)c2cc(F)ccc2n1.Cl.Cl. The maximum absolute atomic E-state index is 13.9. The van der Waals surface area contributed by atoms with E-state index in [1.807, 2.05) is 18.3 Å². The summed E-state index contributed by atoms with van der Waals surface area (Å²) in [6, 6.07) is 9.23. The van der Waals surface area contributed by atoms with Crippen LogP contribution in [-0.4, -0.2) is 24.7 Å². The van der Waals surface area contributed by atoms with E-state index in [1.165, 1.54) is 21.4 Å². The molecule has 150 valence electrons. The van der Waals surface area contributed by atoms with Crippen molar-refractivity contribution in [3.8, 4) is 10.4 Å². The van der Waals surface area contributed by atoms with Crippen LogP contribution in [0.1, 0.15) is 29.0 Å². The molecule has 0 unspecified atom stereocenters. The van der Waals surface area contributed by atoms with Gasteiger partial charge in [0.15, 0.2) is 0 Å². The second-order valence-corrected chi connectivity index (χ2v) is 8.33. The topological polar surface area (TPSA) is 34.1 Å². The second-order valence-electron chi connectivity index (χ2n) is 7.28. The smallest absolute Gasteiger partial charge is 0.123 e. The number of pyridine rings is 1. The summed E-state index contributed by atoms with van der Waals surface area (Å²) >= 11 is 1.82. The van der Waals surface area contributed by atoms with Gasteiger partial charge < -0.3 is 10.1 Å². The van der Waals surface area contributed by atoms with Gasteiger partial charge >= 0.3 is 0 Å². The first kappa shape index (κ1) is 21.5. The van der Waals surface area contributed by atoms with E-state index in [0.29, 0.717) is 0 Å². The molecule has 3 nitrogen and oxygen atoms in total. The molecule has 0 aliphatic carbocycles. The molecular formula is C21H23Cl2FN2OS. The molecule has 2 aromatic heterocycles. The van der Waals surface area contributed by atoms with Crippen LogP contribution >= 0.6 is 36.2 Å². The standard InChI is InChI=1S/C21H21FN2OS.2ClH/c1-13-10-17(16-12-15(22)2-3-18(16)24-13)19-11-14-4-9-25-21(20(14)26-19)5-7-23-8-6-21;;/h2-3,10-12,23H,4-9H2,1H3;2*1H. The predicted octanol–water partition coefficient (Wildman–Crippen LogP) is 5.41. The number of rotatable bonds is 1. The summed E-state index contributed by atoms with van der Waals surface area (Å²) in [4.78, 5) is 7.14. The third kappa shape index (κ3) is 3.55. The second kappa shape index (κ2) is 8.25. The Labute approximate surface area is 180 Å². The van der Waals surface area contributed by atoms with Gasteiger partial charge in [0, 0.05) is 26.4 Å². The van der Waals surface area contributed by atoms with Crippen LogP contribution < -0.4 is 5.32 Å². The number of hydrogen-bond donors (Lipinski definition) is 1. The van der Waals surface area contributed by atoms with Crippen molar-refractivity contribution in [2.24, 2.45) is 0 Å². The van der Waals surface area contributed by atoms with Crippen LogP contribution in [0.5, 0.6) is 0 Å². The van der Waals surface area contributed by atoms with Crippen molar-refractivity contribution >= 4 is 47.1 Å². The largest absolute Gasteiger partial charge is 0.369 e. The number of aromatic nitrogens is 1. The molecule has 1 fully saturated rings. The number of nitrogens with zero attached hydrogens (tertiary/aromatic N) is 1. The van der Waals surface area contributed by atoms with Crippen LogP contribution in [0, 0.1) is 12.7 Å². The van der Waals surface area contributed by atoms with Gasteiger partial charge in [-0.25, -0.2) is 4.39 Å². The van der Waals surface area contributed by atoms with Crippen molar-refractivity contribution in [3.05, 3.63) is 52.3 Å². The summed E-state index contributed by atoms with van der Waals surface area (Å²) in [6.07, 6.45) is 2.99. The molecule has 1 saturated heterocycles. The van der Waals surface area contributed by atoms with Crippen molar-refractivity contribution in [3.63, 3.8) is 0 Å². The van der Waals surface area contributed by atoms with Gasteiger partial charge in [0.05, 0.1) is 12.1 Å². The van der Waals surface area contributed by atoms with Crippen molar-refractivity contribution in [2.75, 3.05) is 19.7 Å². The van der Waals surface area contributed by atoms with Crippen molar-refractivity contribution < 1.29 is 9.13 Å². The van der Waals surface area contributed by atoms with Gasteiger partial charge in [-0.05, 0) is 75.2 Å². The Morgan fingerprint density at radius 1 is 1.14 bits per heavy atom. The first-order valence-corrected chi connectivity index (χ1v) is 10.0. The molecule has 1 N–H and O–H groups in total. The first-order valence-electron chi connectivity index (χ1n) is 9.20. The quantitative estimate of drug-likeness (QED) is 0.549. The molecule has 28 heavy (non-hydrogen) atoms. The molecule has 4 heterocycles. The molecule has 3 aromatic rings. The van der Waals surface area contributed by atoms with E-state index < -0.39 is 0 Å². The van der Waals surface area contributed by atoms with Gasteiger partial charge in [-0.3, -0.25) is 4.98 Å². The fraction of sp³-hybridized carbons (Fsp3) is 0.381. The molecule has 2 aliphatic rings. The molecular weight excluding hydrogens is 418 g/mol. The van der Waals surface area contributed by atoms with Gasteiger partial charge in [0.1, 0.15) is 11.4 Å². The summed E-state index contributed by atoms with van der Waals surface area (Å²) < 4.78 is 20.2. The number of aryl methyl sites for hydroxylation is 1. The lowest BCUT2D eigenvalue weighted by molar-refractivity contribution is -0.0771. The Kier molecular flexibility index (Phi) is 6.32. The zero-order chi connectivity index (χ0) is 17.7. The zero-order valence-corrected chi connectivity index (χ0v) is 18.0. The lowest BCUT2D eigenvalue weighted by Gasteiger charge is -2.40. The maximum atomic E-state index is 13.9. The summed E-state index contributed by atoms with van der Waals surface area (Å²) in [5.41, 5.74) is 4.15. The Hall–Kier alpha value is -1.24. The number of hydrogen-bond acceptors (Lipinski definition) is 4. The molecule has 0 atom stereocenters. The number of benzene rings is 1. The first-order chi connectivity index (χ1) is 12.6. The van der Waals surface area contributed by atoms with Gasteiger partial charge in [0.2, 0.25) is 0 Å². The fourth-order valence-electron chi connectivity index (χ4n) is 4.29. The van der Waals surface area contributed by atoms with E-state index in [1.54, 1.807) is 12.1 Å². The lowest BCUT2D eigenvalue weighted by Crippen LogP contribution is -2.43. The minimum atomic E-state index is -0.219. The van der Waals surface area contributed by atoms with Gasteiger partial charge in [-0.2, -0.15) is 0 Å². The van der Waals surface area contributed by atoms with Crippen molar-refractivity contribution in [1.82, 2.24) is 10.3 Å². The number of fused-ring (bicyclic) bond motifs is 3. The van der Waals surface area contributed by atoms with Crippen LogP contribution in [0.25, 0.3) is 21.3 Å². The van der Waals surface area contributed by atoms with Crippen LogP contribution in [0.2, 0.25) is 0 Å².